The second-order valence-electron chi connectivity index (χ2n) is 9.07. The van der Waals surface area contributed by atoms with Crippen LogP contribution in [0.4, 0.5) is 4.79 Å². The highest BCUT2D eigenvalue weighted by atomic mass is 16.6. The first-order valence-electron chi connectivity index (χ1n) is 11.4. The van der Waals surface area contributed by atoms with Gasteiger partial charge in [-0.2, -0.15) is 0 Å². The molecule has 2 fully saturated rings. The van der Waals surface area contributed by atoms with Crippen molar-refractivity contribution in [2.75, 3.05) is 32.8 Å². The van der Waals surface area contributed by atoms with E-state index in [-0.39, 0.29) is 11.4 Å². The third-order valence-corrected chi connectivity index (χ3v) is 7.19. The summed E-state index contributed by atoms with van der Waals surface area (Å²) in [4.78, 5) is 14.9. The molecule has 1 aromatic carbocycles. The van der Waals surface area contributed by atoms with E-state index < -0.39 is 0 Å². The van der Waals surface area contributed by atoms with Crippen molar-refractivity contribution in [1.82, 2.24) is 25.0 Å². The van der Waals surface area contributed by atoms with Crippen LogP contribution in [0, 0.1) is 0 Å². The Morgan fingerprint density at radius 2 is 1.90 bits per heavy atom. The van der Waals surface area contributed by atoms with E-state index in [2.05, 4.69) is 27.6 Å². The van der Waals surface area contributed by atoms with Crippen molar-refractivity contribution in [3.8, 4) is 11.5 Å². The van der Waals surface area contributed by atoms with E-state index in [4.69, 9.17) is 9.47 Å². The smallest absolute Gasteiger partial charge is 0.317 e. The third-order valence-electron chi connectivity index (χ3n) is 7.19. The molecule has 2 aliphatic heterocycles. The summed E-state index contributed by atoms with van der Waals surface area (Å²) in [5.41, 5.74) is 1.22. The maximum absolute atomic E-state index is 13.0. The number of aryl methyl sites for hydroxylation is 1. The zero-order chi connectivity index (χ0) is 21.3. The van der Waals surface area contributed by atoms with Gasteiger partial charge in [-0.3, -0.25) is 0 Å². The number of ether oxygens (including phenoxy) is 2. The molecule has 1 N–H and O–H groups in total. The average molecular weight is 426 g/mol. The minimum atomic E-state index is -0.0253. The van der Waals surface area contributed by atoms with E-state index in [0.717, 1.165) is 56.1 Å². The molecule has 3 heterocycles. The Labute approximate surface area is 182 Å². The van der Waals surface area contributed by atoms with Gasteiger partial charge in [0, 0.05) is 38.0 Å². The van der Waals surface area contributed by atoms with Crippen molar-refractivity contribution in [3.05, 3.63) is 35.9 Å². The van der Waals surface area contributed by atoms with Crippen LogP contribution < -0.4 is 14.8 Å². The largest absolute Gasteiger partial charge is 0.486 e. The first-order valence-corrected chi connectivity index (χ1v) is 11.4. The number of urea groups is 1. The molecule has 1 saturated carbocycles. The van der Waals surface area contributed by atoms with Crippen LogP contribution >= 0.6 is 0 Å². The quantitative estimate of drug-likeness (QED) is 0.814. The molecule has 2 amide bonds. The van der Waals surface area contributed by atoms with Gasteiger partial charge in [-0.15, -0.1) is 10.2 Å². The third kappa shape index (κ3) is 3.95. The second-order valence-corrected chi connectivity index (χ2v) is 9.07. The van der Waals surface area contributed by atoms with Crippen LogP contribution in [-0.2, 0) is 12.5 Å². The zero-order valence-corrected chi connectivity index (χ0v) is 18.2. The fourth-order valence-electron chi connectivity index (χ4n) is 5.35. The Morgan fingerprint density at radius 3 is 2.61 bits per heavy atom. The molecule has 0 spiro atoms. The lowest BCUT2D eigenvalue weighted by Crippen LogP contribution is -2.48. The molecule has 0 bridgehead atoms. The summed E-state index contributed by atoms with van der Waals surface area (Å²) in [6, 6.07) is 6.33. The molecule has 166 valence electrons. The molecule has 2 aromatic rings. The van der Waals surface area contributed by atoms with Gasteiger partial charge in [0.1, 0.15) is 25.4 Å². The van der Waals surface area contributed by atoms with Crippen molar-refractivity contribution in [1.29, 1.82) is 0 Å². The maximum atomic E-state index is 13.0. The van der Waals surface area contributed by atoms with Crippen LogP contribution in [0.1, 0.15) is 55.8 Å². The number of rotatable bonds is 4. The summed E-state index contributed by atoms with van der Waals surface area (Å²) in [5, 5.41) is 11.5. The van der Waals surface area contributed by atoms with E-state index in [1.807, 2.05) is 22.6 Å². The molecule has 3 aliphatic rings. The lowest BCUT2D eigenvalue weighted by Gasteiger charge is -2.35. The van der Waals surface area contributed by atoms with Gasteiger partial charge >= 0.3 is 6.03 Å². The van der Waals surface area contributed by atoms with Gasteiger partial charge in [0.2, 0.25) is 0 Å². The number of hydrogen-bond donors (Lipinski definition) is 1. The van der Waals surface area contributed by atoms with Crippen LogP contribution in [-0.4, -0.2) is 58.5 Å². The average Bonchev–Trinajstić information content (AvgIpc) is 3.47. The molecule has 5 rings (SSSR count). The first kappa shape index (κ1) is 20.2. The molecule has 8 heteroatoms. The lowest BCUT2D eigenvalue weighted by molar-refractivity contribution is 0.170. The Morgan fingerprint density at radius 1 is 1.16 bits per heavy atom. The number of likely N-dealkylation sites (tertiary alicyclic amines) is 1. The maximum Gasteiger partial charge on any atom is 0.317 e. The Bertz CT molecular complexity index is 929. The fraction of sp³-hybridized carbons (Fsp3) is 0.609. The zero-order valence-electron chi connectivity index (χ0n) is 18.2. The molecule has 1 aromatic heterocycles. The summed E-state index contributed by atoms with van der Waals surface area (Å²) >= 11 is 0. The molecule has 0 unspecified atom stereocenters. The van der Waals surface area contributed by atoms with E-state index in [1.54, 1.807) is 6.33 Å². The SMILES string of the molecule is Cn1cnnc1C1CCN(C(=O)NCC2(c3ccc4c(c3)OCCO4)CCCC2)CC1. The van der Waals surface area contributed by atoms with Crippen molar-refractivity contribution in [3.63, 3.8) is 0 Å². The van der Waals surface area contributed by atoms with E-state index >= 15 is 0 Å². The number of nitrogens with one attached hydrogen (secondary N) is 1. The number of amides is 2. The van der Waals surface area contributed by atoms with Gasteiger partial charge < -0.3 is 24.3 Å². The van der Waals surface area contributed by atoms with Crippen molar-refractivity contribution >= 4 is 6.03 Å². The highest BCUT2D eigenvalue weighted by Crippen LogP contribution is 2.44. The molecule has 31 heavy (non-hydrogen) atoms. The fourth-order valence-corrected chi connectivity index (χ4v) is 5.35. The van der Waals surface area contributed by atoms with Crippen LogP contribution in [0.15, 0.2) is 24.5 Å². The number of benzene rings is 1. The van der Waals surface area contributed by atoms with Crippen LogP contribution in [0.25, 0.3) is 0 Å². The predicted octanol–water partition coefficient (Wildman–Crippen LogP) is 2.99. The topological polar surface area (TPSA) is 81.5 Å². The van der Waals surface area contributed by atoms with Crippen molar-refractivity contribution in [2.24, 2.45) is 7.05 Å². The van der Waals surface area contributed by atoms with Crippen molar-refractivity contribution < 1.29 is 14.3 Å². The molecule has 0 radical (unpaired) electrons. The Balaban J connectivity index is 1.22. The number of nitrogens with zero attached hydrogens (tertiary/aromatic N) is 4. The summed E-state index contributed by atoms with van der Waals surface area (Å²) in [6.07, 6.45) is 8.14. The van der Waals surface area contributed by atoms with Gasteiger partial charge in [0.05, 0.1) is 0 Å². The molecule has 8 nitrogen and oxygen atoms in total. The van der Waals surface area contributed by atoms with Gasteiger partial charge in [-0.25, -0.2) is 4.79 Å². The highest BCUT2D eigenvalue weighted by molar-refractivity contribution is 5.74. The van der Waals surface area contributed by atoms with Crippen LogP contribution in [0.2, 0.25) is 0 Å². The van der Waals surface area contributed by atoms with E-state index in [9.17, 15) is 4.79 Å². The number of fused-ring (bicyclic) bond motifs is 1. The number of hydrogen-bond acceptors (Lipinski definition) is 5. The minimum absolute atomic E-state index is 0.0253. The van der Waals surface area contributed by atoms with Gasteiger partial charge in [-0.1, -0.05) is 18.9 Å². The monoisotopic (exact) mass is 425 g/mol. The van der Waals surface area contributed by atoms with E-state index in [1.165, 1.54) is 18.4 Å². The van der Waals surface area contributed by atoms with Gasteiger partial charge in [0.25, 0.3) is 0 Å². The minimum Gasteiger partial charge on any atom is -0.486 e. The van der Waals surface area contributed by atoms with Crippen LogP contribution in [0.3, 0.4) is 0 Å². The number of piperidine rings is 1. The van der Waals surface area contributed by atoms with Crippen molar-refractivity contribution in [2.45, 2.75) is 49.9 Å². The normalized spacial score (nSPS) is 20.6. The standard InChI is InChI=1S/C23H31N5O3/c1-27-16-25-26-21(27)17-6-10-28(11-7-17)22(29)24-15-23(8-2-3-9-23)18-4-5-19-20(14-18)31-13-12-30-19/h4-5,14,16-17H,2-3,6-13,15H2,1H3,(H,24,29). The molecular weight excluding hydrogens is 394 g/mol. The molecule has 1 saturated heterocycles. The first-order chi connectivity index (χ1) is 15.1. The van der Waals surface area contributed by atoms with Gasteiger partial charge in [-0.05, 0) is 43.4 Å². The lowest BCUT2D eigenvalue weighted by atomic mass is 9.78. The molecule has 1 aliphatic carbocycles. The number of carbonyl (C=O) groups is 1. The number of carbonyl (C=O) groups excluding carboxylic acids is 1. The van der Waals surface area contributed by atoms with E-state index in [0.29, 0.717) is 25.7 Å². The Kier molecular flexibility index (Phi) is 5.46. The second kappa shape index (κ2) is 8.40. The summed E-state index contributed by atoms with van der Waals surface area (Å²) in [7, 11) is 1.98. The number of aromatic nitrogens is 3. The summed E-state index contributed by atoms with van der Waals surface area (Å²) in [5.74, 6) is 3.03. The predicted molar refractivity (Wildman–Crippen MR) is 116 cm³/mol. The summed E-state index contributed by atoms with van der Waals surface area (Å²) < 4.78 is 13.5. The Hall–Kier alpha value is -2.77. The summed E-state index contributed by atoms with van der Waals surface area (Å²) in [6.45, 7) is 3.35. The highest BCUT2D eigenvalue weighted by Gasteiger charge is 2.37. The molecule has 0 atom stereocenters. The molecular formula is C23H31N5O3. The van der Waals surface area contributed by atoms with Crippen LogP contribution in [0.5, 0.6) is 11.5 Å². The van der Waals surface area contributed by atoms with Gasteiger partial charge in [0.15, 0.2) is 11.5 Å².